The number of nitrogens with one attached hydrogen (secondary N) is 1. The van der Waals surface area contributed by atoms with Crippen molar-refractivity contribution in [1.29, 1.82) is 0 Å². The van der Waals surface area contributed by atoms with Crippen LogP contribution in [0.25, 0.3) is 11.1 Å². The summed E-state index contributed by atoms with van der Waals surface area (Å²) >= 11 is 1.62. The van der Waals surface area contributed by atoms with E-state index in [1.807, 2.05) is 61.9 Å². The van der Waals surface area contributed by atoms with Crippen LogP contribution >= 0.6 is 19.3 Å². The van der Waals surface area contributed by atoms with E-state index < -0.39 is 31.9 Å². The van der Waals surface area contributed by atoms with Gasteiger partial charge in [0, 0.05) is 6.42 Å². The van der Waals surface area contributed by atoms with Gasteiger partial charge in [-0.15, -0.1) is 4.74 Å². The number of carbonyl (C=O) groups is 2. The largest absolute Gasteiger partial charge is 0.612 e. The minimum atomic E-state index is -1.83. The van der Waals surface area contributed by atoms with Gasteiger partial charge in [-0.2, -0.15) is 11.3 Å². The molecule has 0 bridgehead atoms. The number of carboxylic acids is 1. The molecule has 1 aromatic carbocycles. The predicted octanol–water partition coefficient (Wildman–Crippen LogP) is 3.90. The second-order valence-corrected chi connectivity index (χ2v) is 9.36. The second kappa shape index (κ2) is 11.2. The fraction of sp³-hybridized carbons (Fsp3) is 0.429. The third-order valence-corrected chi connectivity index (χ3v) is 6.45. The standard InChI is InChI=1S/C21H27N2O4PS/c1-4-10-28(27)23-19(14(2)3)20(24)22-18(21(25)26)12-15-5-7-16(8-6-15)17-9-11-29-13-17/h5-9,11,13-14,18-19H,4,10,12H2,1-3H3,(H,22,24)(H,25,26)/t18-,19-/m0/s1. The molecule has 0 aliphatic rings. The number of thiophene rings is 1. The molecule has 1 amide bonds. The fourth-order valence-corrected chi connectivity index (χ4v) is 4.64. The number of nitrogens with zero attached hydrogens (tertiary/aromatic N) is 1. The number of aliphatic carboxylic acids is 1. The minimum Gasteiger partial charge on any atom is -0.612 e. The molecule has 0 spiro atoms. The maximum Gasteiger partial charge on any atom is 0.326 e. The molecule has 0 aliphatic carbocycles. The Morgan fingerprint density at radius 3 is 2.41 bits per heavy atom. The van der Waals surface area contributed by atoms with E-state index in [9.17, 15) is 19.6 Å². The first-order chi connectivity index (χ1) is 13.8. The van der Waals surface area contributed by atoms with Crippen LogP contribution < -0.4 is 10.2 Å². The van der Waals surface area contributed by atoms with Gasteiger partial charge < -0.3 is 15.3 Å². The van der Waals surface area contributed by atoms with Gasteiger partial charge in [0.05, 0.1) is 0 Å². The number of hydrogen-bond acceptors (Lipinski definition) is 5. The molecule has 0 fully saturated rings. The molecule has 0 saturated carbocycles. The lowest BCUT2D eigenvalue weighted by atomic mass is 10.0. The number of carboxylic acid groups (broad SMARTS) is 1. The van der Waals surface area contributed by atoms with Crippen molar-refractivity contribution >= 4 is 31.2 Å². The van der Waals surface area contributed by atoms with Gasteiger partial charge in [-0.3, -0.25) is 4.79 Å². The maximum atomic E-state index is 12.6. The molecule has 8 heteroatoms. The number of hydrogen-bond donors (Lipinski definition) is 2. The van der Waals surface area contributed by atoms with E-state index >= 15 is 0 Å². The van der Waals surface area contributed by atoms with Crippen molar-refractivity contribution in [3.63, 3.8) is 0 Å². The van der Waals surface area contributed by atoms with Crippen LogP contribution in [0.2, 0.25) is 0 Å². The molecule has 1 unspecified atom stereocenters. The quantitative estimate of drug-likeness (QED) is 0.554. The Labute approximate surface area is 176 Å². The smallest absolute Gasteiger partial charge is 0.326 e. The number of carbonyl (C=O) groups excluding carboxylic acids is 1. The van der Waals surface area contributed by atoms with Crippen LogP contribution in [0.1, 0.15) is 32.8 Å². The van der Waals surface area contributed by atoms with Crippen molar-refractivity contribution in [1.82, 2.24) is 5.32 Å². The van der Waals surface area contributed by atoms with Crippen LogP contribution in [-0.2, 0) is 16.0 Å². The summed E-state index contributed by atoms with van der Waals surface area (Å²) in [6, 6.07) is 7.76. The molecule has 0 saturated heterocycles. The van der Waals surface area contributed by atoms with E-state index in [-0.39, 0.29) is 12.3 Å². The van der Waals surface area contributed by atoms with Crippen LogP contribution in [0.15, 0.2) is 45.8 Å². The molecule has 2 aromatic rings. The van der Waals surface area contributed by atoms with Crippen molar-refractivity contribution in [3.05, 3.63) is 46.7 Å². The van der Waals surface area contributed by atoms with Gasteiger partial charge in [-0.25, -0.2) is 4.79 Å². The van der Waals surface area contributed by atoms with Gasteiger partial charge in [-0.05, 0) is 45.9 Å². The molecule has 1 heterocycles. The van der Waals surface area contributed by atoms with Crippen LogP contribution in [0.4, 0.5) is 0 Å². The van der Waals surface area contributed by atoms with Gasteiger partial charge in [0.2, 0.25) is 5.91 Å². The molecule has 29 heavy (non-hydrogen) atoms. The van der Waals surface area contributed by atoms with Crippen molar-refractivity contribution in [2.45, 2.75) is 45.7 Å². The fourth-order valence-electron chi connectivity index (χ4n) is 2.83. The molecule has 2 N–H and O–H groups in total. The van der Waals surface area contributed by atoms with Gasteiger partial charge in [0.1, 0.15) is 12.2 Å². The highest BCUT2D eigenvalue weighted by Crippen LogP contribution is 2.23. The third kappa shape index (κ3) is 7.03. The highest BCUT2D eigenvalue weighted by molar-refractivity contribution is 7.39. The average molecular weight is 434 g/mol. The lowest BCUT2D eigenvalue weighted by molar-refractivity contribution is -0.156. The summed E-state index contributed by atoms with van der Waals surface area (Å²) in [4.78, 5) is 36.3. The predicted molar refractivity (Wildman–Crippen MR) is 116 cm³/mol. The second-order valence-electron chi connectivity index (χ2n) is 7.19. The Bertz CT molecular complexity index is 835. The average Bonchev–Trinajstić information content (AvgIpc) is 3.20. The Morgan fingerprint density at radius 1 is 1.21 bits per heavy atom. The summed E-state index contributed by atoms with van der Waals surface area (Å²) in [5.41, 5.74) is 2.99. The molecular weight excluding hydrogens is 407 g/mol. The summed E-state index contributed by atoms with van der Waals surface area (Å²) in [5.74, 6) is -1.78. The van der Waals surface area contributed by atoms with Crippen LogP contribution in [-0.4, -0.2) is 35.2 Å². The van der Waals surface area contributed by atoms with Crippen LogP contribution in [0.3, 0.4) is 0 Å². The summed E-state index contributed by atoms with van der Waals surface area (Å²) in [6.45, 7) is 5.51. The van der Waals surface area contributed by atoms with Crippen LogP contribution in [0.5, 0.6) is 0 Å². The SMILES string of the molecule is CCC[P+]([O-])=N[C@H](C(=O)N[C@@H](Cc1ccc(-c2ccsc2)cc1)C(=O)O)C(C)C. The Kier molecular flexibility index (Phi) is 8.96. The van der Waals surface area contributed by atoms with E-state index in [0.29, 0.717) is 12.6 Å². The van der Waals surface area contributed by atoms with E-state index in [2.05, 4.69) is 10.1 Å². The van der Waals surface area contributed by atoms with Crippen molar-refractivity contribution < 1.29 is 19.6 Å². The number of rotatable bonds is 10. The van der Waals surface area contributed by atoms with Gasteiger partial charge in [0.25, 0.3) is 0 Å². The van der Waals surface area contributed by atoms with Crippen LogP contribution in [0, 0.1) is 5.92 Å². The molecule has 0 aliphatic heterocycles. The lowest BCUT2D eigenvalue weighted by Crippen LogP contribution is -2.47. The molecular formula is C21H27N2O4PS. The molecule has 0 radical (unpaired) electrons. The first kappa shape index (κ1) is 23.2. The van der Waals surface area contributed by atoms with Gasteiger partial charge in [0.15, 0.2) is 14.0 Å². The lowest BCUT2D eigenvalue weighted by Gasteiger charge is -2.19. The summed E-state index contributed by atoms with van der Waals surface area (Å²) in [7, 11) is -1.83. The first-order valence-electron chi connectivity index (χ1n) is 9.62. The number of amides is 1. The summed E-state index contributed by atoms with van der Waals surface area (Å²) < 4.78 is 4.13. The topological polar surface area (TPSA) is 102 Å². The Morgan fingerprint density at radius 2 is 1.90 bits per heavy atom. The normalized spacial score (nSPS) is 13.9. The first-order valence-corrected chi connectivity index (χ1v) is 12.0. The molecule has 1 aromatic heterocycles. The summed E-state index contributed by atoms with van der Waals surface area (Å²) in [6.07, 6.45) is 1.30. The van der Waals surface area contributed by atoms with Crippen molar-refractivity contribution in [3.8, 4) is 11.1 Å². The highest BCUT2D eigenvalue weighted by atomic mass is 32.1. The zero-order valence-electron chi connectivity index (χ0n) is 16.9. The van der Waals surface area contributed by atoms with E-state index in [1.165, 1.54) is 0 Å². The third-order valence-electron chi connectivity index (χ3n) is 4.43. The zero-order valence-corrected chi connectivity index (χ0v) is 18.6. The Hall–Kier alpha value is -2.08. The maximum absolute atomic E-state index is 12.6. The van der Waals surface area contributed by atoms with Gasteiger partial charge >= 0.3 is 5.97 Å². The van der Waals surface area contributed by atoms with Crippen molar-refractivity contribution in [2.24, 2.45) is 10.7 Å². The molecule has 3 atom stereocenters. The Balaban J connectivity index is 2.09. The highest BCUT2D eigenvalue weighted by Gasteiger charge is 2.29. The minimum absolute atomic E-state index is 0.164. The van der Waals surface area contributed by atoms with Gasteiger partial charge in [-0.1, -0.05) is 45.0 Å². The van der Waals surface area contributed by atoms with E-state index in [4.69, 9.17) is 0 Å². The monoisotopic (exact) mass is 434 g/mol. The summed E-state index contributed by atoms with van der Waals surface area (Å²) in [5, 5.41) is 16.2. The van der Waals surface area contributed by atoms with E-state index in [0.717, 1.165) is 16.7 Å². The van der Waals surface area contributed by atoms with Crippen molar-refractivity contribution in [2.75, 3.05) is 6.16 Å². The van der Waals surface area contributed by atoms with E-state index in [1.54, 1.807) is 11.3 Å². The molecule has 2 rings (SSSR count). The molecule has 6 nitrogen and oxygen atoms in total. The zero-order chi connectivity index (χ0) is 21.4. The number of benzene rings is 1. The molecule has 156 valence electrons.